The first-order valence-electron chi connectivity index (χ1n) is 5.52. The molecule has 2 nitrogen and oxygen atoms in total. The van der Waals surface area contributed by atoms with Crippen molar-refractivity contribution in [3.8, 4) is 5.75 Å². The molecule has 0 amide bonds. The smallest absolute Gasteiger partial charge is 0.165 e. The number of hydrogen-bond donors (Lipinski definition) is 1. The second kappa shape index (κ2) is 6.09. The van der Waals surface area contributed by atoms with Crippen molar-refractivity contribution in [2.24, 2.45) is 0 Å². The Morgan fingerprint density at radius 1 is 1.32 bits per heavy atom. The van der Waals surface area contributed by atoms with E-state index >= 15 is 0 Å². The number of halogens is 3. The molecule has 2 rings (SSSR count). The van der Waals surface area contributed by atoms with E-state index in [1.807, 2.05) is 13.1 Å². The third kappa shape index (κ3) is 3.03. The van der Waals surface area contributed by atoms with E-state index in [0.717, 1.165) is 11.1 Å². The number of nitrogens with one attached hydrogen (secondary N) is 1. The summed E-state index contributed by atoms with van der Waals surface area (Å²) in [5, 5.41) is 3.15. The zero-order valence-electron chi connectivity index (χ0n) is 10.3. The Morgan fingerprint density at radius 3 is 2.58 bits per heavy atom. The Kier molecular flexibility index (Phi) is 4.68. The van der Waals surface area contributed by atoms with Crippen LogP contribution in [0, 0.1) is 5.82 Å². The predicted molar refractivity (Wildman–Crippen MR) is 78.2 cm³/mol. The monoisotopic (exact) mass is 319 g/mol. The van der Waals surface area contributed by atoms with Crippen molar-refractivity contribution in [3.05, 3.63) is 49.9 Å². The van der Waals surface area contributed by atoms with Crippen LogP contribution < -0.4 is 10.1 Å². The van der Waals surface area contributed by atoms with Gasteiger partial charge in [0.15, 0.2) is 11.6 Å². The zero-order chi connectivity index (χ0) is 14.0. The SMILES string of the molecule is CNC(c1ccc(F)c(OC)c1)c1cc(Cl)sc1Cl. The topological polar surface area (TPSA) is 21.3 Å². The van der Waals surface area contributed by atoms with Gasteiger partial charge in [0.25, 0.3) is 0 Å². The molecule has 0 saturated heterocycles. The lowest BCUT2D eigenvalue weighted by Gasteiger charge is -2.17. The van der Waals surface area contributed by atoms with Crippen LogP contribution in [-0.2, 0) is 0 Å². The molecule has 0 radical (unpaired) electrons. The molecule has 0 spiro atoms. The molecule has 1 aromatic heterocycles. The molecule has 102 valence electrons. The van der Waals surface area contributed by atoms with E-state index in [-0.39, 0.29) is 11.8 Å². The van der Waals surface area contributed by atoms with Gasteiger partial charge >= 0.3 is 0 Å². The standard InChI is InChI=1S/C13H12Cl2FNOS/c1-17-12(8-6-11(14)19-13(8)15)7-3-4-9(16)10(5-7)18-2/h3-6,12,17H,1-2H3. The fourth-order valence-corrected chi connectivity index (χ4v) is 3.44. The molecule has 19 heavy (non-hydrogen) atoms. The number of methoxy groups -OCH3 is 1. The highest BCUT2D eigenvalue weighted by Crippen LogP contribution is 2.38. The van der Waals surface area contributed by atoms with Gasteiger partial charge < -0.3 is 10.1 Å². The van der Waals surface area contributed by atoms with Crippen LogP contribution in [0.4, 0.5) is 4.39 Å². The number of hydrogen-bond acceptors (Lipinski definition) is 3. The van der Waals surface area contributed by atoms with Crippen LogP contribution in [0.15, 0.2) is 24.3 Å². The van der Waals surface area contributed by atoms with Gasteiger partial charge in [-0.25, -0.2) is 4.39 Å². The lowest BCUT2D eigenvalue weighted by molar-refractivity contribution is 0.385. The van der Waals surface area contributed by atoms with Gasteiger partial charge in [-0.15, -0.1) is 11.3 Å². The molecular formula is C13H12Cl2FNOS. The molecule has 1 N–H and O–H groups in total. The number of rotatable bonds is 4. The summed E-state index contributed by atoms with van der Waals surface area (Å²) >= 11 is 13.4. The molecule has 1 heterocycles. The van der Waals surface area contributed by atoms with Gasteiger partial charge in [0, 0.05) is 5.56 Å². The quantitative estimate of drug-likeness (QED) is 0.895. The molecule has 0 aliphatic heterocycles. The van der Waals surface area contributed by atoms with Crippen molar-refractivity contribution in [1.82, 2.24) is 5.32 Å². The summed E-state index contributed by atoms with van der Waals surface area (Å²) < 4.78 is 19.7. The third-order valence-corrected chi connectivity index (χ3v) is 4.31. The van der Waals surface area contributed by atoms with Crippen molar-refractivity contribution < 1.29 is 9.13 Å². The van der Waals surface area contributed by atoms with Gasteiger partial charge in [0.05, 0.1) is 21.8 Å². The van der Waals surface area contributed by atoms with E-state index in [4.69, 9.17) is 27.9 Å². The Bertz CT molecular complexity index is 588. The summed E-state index contributed by atoms with van der Waals surface area (Å²) in [6.07, 6.45) is 0. The Balaban J connectivity index is 2.45. The molecule has 0 saturated carbocycles. The fourth-order valence-electron chi connectivity index (χ4n) is 1.91. The van der Waals surface area contributed by atoms with Gasteiger partial charge in [-0.3, -0.25) is 0 Å². The average molecular weight is 320 g/mol. The lowest BCUT2D eigenvalue weighted by Crippen LogP contribution is -2.17. The summed E-state index contributed by atoms with van der Waals surface area (Å²) in [6.45, 7) is 0. The van der Waals surface area contributed by atoms with E-state index in [9.17, 15) is 4.39 Å². The molecule has 0 aliphatic rings. The number of benzene rings is 1. The highest BCUT2D eigenvalue weighted by molar-refractivity contribution is 7.20. The van der Waals surface area contributed by atoms with E-state index in [1.54, 1.807) is 12.1 Å². The van der Waals surface area contributed by atoms with Crippen molar-refractivity contribution >= 4 is 34.5 Å². The maximum absolute atomic E-state index is 13.4. The largest absolute Gasteiger partial charge is 0.494 e. The second-order valence-electron chi connectivity index (χ2n) is 3.90. The molecule has 0 aliphatic carbocycles. The zero-order valence-corrected chi connectivity index (χ0v) is 12.7. The van der Waals surface area contributed by atoms with Crippen molar-refractivity contribution in [3.63, 3.8) is 0 Å². The van der Waals surface area contributed by atoms with Crippen LogP contribution >= 0.6 is 34.5 Å². The fraction of sp³-hybridized carbons (Fsp3) is 0.231. The molecule has 6 heteroatoms. The number of thiophene rings is 1. The van der Waals surface area contributed by atoms with Gasteiger partial charge in [0.2, 0.25) is 0 Å². The Hall–Kier alpha value is -0.810. The van der Waals surface area contributed by atoms with Crippen LogP contribution in [-0.4, -0.2) is 14.2 Å². The molecule has 1 aromatic carbocycles. The molecular weight excluding hydrogens is 308 g/mol. The Labute approximate surface area is 125 Å². The summed E-state index contributed by atoms with van der Waals surface area (Å²) in [4.78, 5) is 0. The van der Waals surface area contributed by atoms with Gasteiger partial charge in [-0.05, 0) is 30.8 Å². The first-order chi connectivity index (χ1) is 9.06. The van der Waals surface area contributed by atoms with Crippen LogP contribution in [0.1, 0.15) is 17.2 Å². The minimum Gasteiger partial charge on any atom is -0.494 e. The average Bonchev–Trinajstić information content (AvgIpc) is 2.71. The van der Waals surface area contributed by atoms with Crippen LogP contribution in [0.5, 0.6) is 5.75 Å². The summed E-state index contributed by atoms with van der Waals surface area (Å²) in [5.74, 6) is -0.189. The summed E-state index contributed by atoms with van der Waals surface area (Å²) in [6, 6.07) is 6.37. The maximum atomic E-state index is 13.4. The molecule has 1 atom stereocenters. The lowest BCUT2D eigenvalue weighted by atomic mass is 10.0. The van der Waals surface area contributed by atoms with Crippen molar-refractivity contribution in [2.75, 3.05) is 14.2 Å². The molecule has 0 fully saturated rings. The van der Waals surface area contributed by atoms with Crippen LogP contribution in [0.25, 0.3) is 0 Å². The highest BCUT2D eigenvalue weighted by Gasteiger charge is 2.19. The Morgan fingerprint density at radius 2 is 2.05 bits per heavy atom. The van der Waals surface area contributed by atoms with E-state index in [1.165, 1.54) is 24.5 Å². The summed E-state index contributed by atoms with van der Waals surface area (Å²) in [5.41, 5.74) is 1.73. The number of ether oxygens (including phenoxy) is 1. The third-order valence-electron chi connectivity index (χ3n) is 2.79. The van der Waals surface area contributed by atoms with E-state index in [2.05, 4.69) is 5.32 Å². The van der Waals surface area contributed by atoms with E-state index in [0.29, 0.717) is 8.67 Å². The van der Waals surface area contributed by atoms with Gasteiger partial charge in [0.1, 0.15) is 0 Å². The van der Waals surface area contributed by atoms with Gasteiger partial charge in [-0.1, -0.05) is 29.3 Å². The van der Waals surface area contributed by atoms with E-state index < -0.39 is 5.82 Å². The predicted octanol–water partition coefficient (Wildman–Crippen LogP) is 4.51. The first-order valence-corrected chi connectivity index (χ1v) is 7.09. The minimum atomic E-state index is -0.393. The molecule has 0 bridgehead atoms. The van der Waals surface area contributed by atoms with Crippen molar-refractivity contribution in [1.29, 1.82) is 0 Å². The molecule has 2 aromatic rings. The van der Waals surface area contributed by atoms with Crippen molar-refractivity contribution in [2.45, 2.75) is 6.04 Å². The second-order valence-corrected chi connectivity index (χ2v) is 6.18. The normalized spacial score (nSPS) is 12.5. The van der Waals surface area contributed by atoms with Crippen LogP contribution in [0.2, 0.25) is 8.67 Å². The molecule has 1 unspecified atom stereocenters. The van der Waals surface area contributed by atoms with Gasteiger partial charge in [-0.2, -0.15) is 0 Å². The summed E-state index contributed by atoms with van der Waals surface area (Å²) in [7, 11) is 3.24. The highest BCUT2D eigenvalue weighted by atomic mass is 35.5. The maximum Gasteiger partial charge on any atom is 0.165 e. The first kappa shape index (κ1) is 14.6. The minimum absolute atomic E-state index is 0.161. The van der Waals surface area contributed by atoms with Crippen LogP contribution in [0.3, 0.4) is 0 Å².